The molecule has 1 aromatic carbocycles. The van der Waals surface area contributed by atoms with Gasteiger partial charge in [0.2, 0.25) is 0 Å². The van der Waals surface area contributed by atoms with Crippen LogP contribution in [0.4, 0.5) is 0 Å². The quantitative estimate of drug-likeness (QED) is 0.387. The maximum atomic E-state index is 11.7. The zero-order valence-electron chi connectivity index (χ0n) is 16.3. The molecule has 2 aromatic rings. The third-order valence-corrected chi connectivity index (χ3v) is 10.6. The molecule has 1 atom stereocenters. The van der Waals surface area contributed by atoms with E-state index in [1.165, 1.54) is 11.3 Å². The molecule has 0 fully saturated rings. The normalized spacial score (nSPS) is 13.7. The molecule has 0 N–H and O–H groups in total. The first-order valence-electron chi connectivity index (χ1n) is 8.59. The first kappa shape index (κ1) is 21.3. The summed E-state index contributed by atoms with van der Waals surface area (Å²) in [5.74, 6) is 0. The summed E-state index contributed by atoms with van der Waals surface area (Å²) in [4.78, 5) is 13.4. The van der Waals surface area contributed by atoms with E-state index in [2.05, 4.69) is 33.9 Å². The number of benzene rings is 1. The van der Waals surface area contributed by atoms with Gasteiger partial charge in [-0.3, -0.25) is 4.79 Å². The fraction of sp³-hybridized carbons (Fsp3) is 0.450. The van der Waals surface area contributed by atoms with Crippen molar-refractivity contribution >= 4 is 37.5 Å². The van der Waals surface area contributed by atoms with Crippen molar-refractivity contribution in [3.05, 3.63) is 56.2 Å². The fourth-order valence-corrected chi connectivity index (χ4v) is 4.82. The summed E-state index contributed by atoms with van der Waals surface area (Å²) in [7, 11) is -0.428. The number of carbonyl (C=O) groups is 1. The molecular formula is C20H27ClO3SSi. The number of halogens is 1. The van der Waals surface area contributed by atoms with E-state index in [1.54, 1.807) is 7.11 Å². The van der Waals surface area contributed by atoms with Gasteiger partial charge < -0.3 is 9.16 Å². The Kier molecular flexibility index (Phi) is 6.85. The second-order valence-electron chi connectivity index (χ2n) is 7.90. The number of thiophene rings is 1. The van der Waals surface area contributed by atoms with E-state index in [-0.39, 0.29) is 11.1 Å². The van der Waals surface area contributed by atoms with Crippen molar-refractivity contribution in [1.29, 1.82) is 0 Å². The predicted octanol–water partition coefficient (Wildman–Crippen LogP) is 6.47. The molecule has 0 bridgehead atoms. The van der Waals surface area contributed by atoms with Crippen LogP contribution in [-0.4, -0.2) is 21.7 Å². The monoisotopic (exact) mass is 410 g/mol. The molecule has 1 unspecified atom stereocenters. The molecule has 0 aliphatic rings. The van der Waals surface area contributed by atoms with E-state index in [1.807, 2.05) is 30.3 Å². The molecular weight excluding hydrogens is 384 g/mol. The zero-order valence-corrected chi connectivity index (χ0v) is 18.8. The van der Waals surface area contributed by atoms with Crippen LogP contribution in [0.1, 0.15) is 52.6 Å². The molecule has 3 nitrogen and oxygen atoms in total. The number of carbonyl (C=O) groups excluding carboxylic acids is 1. The highest BCUT2D eigenvalue weighted by Crippen LogP contribution is 2.43. The maximum absolute atomic E-state index is 11.7. The second kappa shape index (κ2) is 8.36. The highest BCUT2D eigenvalue weighted by Gasteiger charge is 2.40. The highest BCUT2D eigenvalue weighted by atomic mass is 35.5. The minimum absolute atomic E-state index is 0.0521. The number of hydrogen-bond donors (Lipinski definition) is 0. The van der Waals surface area contributed by atoms with Gasteiger partial charge in [-0.2, -0.15) is 0 Å². The molecule has 0 aliphatic carbocycles. The highest BCUT2D eigenvalue weighted by molar-refractivity contribution is 7.13. The lowest BCUT2D eigenvalue weighted by molar-refractivity contribution is 0.112. The summed E-state index contributed by atoms with van der Waals surface area (Å²) in [5, 5.41) is 0.711. The van der Waals surface area contributed by atoms with Gasteiger partial charge in [-0.1, -0.05) is 44.5 Å². The lowest BCUT2D eigenvalue weighted by Crippen LogP contribution is -2.42. The molecule has 1 heterocycles. The summed E-state index contributed by atoms with van der Waals surface area (Å²) < 4.78 is 12.0. The molecule has 6 heteroatoms. The van der Waals surface area contributed by atoms with Crippen LogP contribution in [0.15, 0.2) is 30.3 Å². The van der Waals surface area contributed by atoms with E-state index < -0.39 is 8.32 Å². The average molecular weight is 411 g/mol. The molecule has 0 amide bonds. The van der Waals surface area contributed by atoms with E-state index in [0.29, 0.717) is 16.5 Å². The number of rotatable bonds is 7. The van der Waals surface area contributed by atoms with E-state index in [0.717, 1.165) is 22.3 Å². The Balaban J connectivity index is 2.56. The number of methoxy groups -OCH3 is 1. The Morgan fingerprint density at radius 3 is 2.50 bits per heavy atom. The minimum atomic E-state index is -2.08. The van der Waals surface area contributed by atoms with Crippen molar-refractivity contribution in [1.82, 2.24) is 0 Å². The molecule has 26 heavy (non-hydrogen) atoms. The summed E-state index contributed by atoms with van der Waals surface area (Å²) in [5.41, 5.74) is 1.86. The molecule has 2 rings (SSSR count). The molecule has 142 valence electrons. The Hall–Kier alpha value is -0.983. The van der Waals surface area contributed by atoms with Crippen molar-refractivity contribution in [2.45, 2.75) is 51.6 Å². The summed E-state index contributed by atoms with van der Waals surface area (Å²) in [6.07, 6.45) is 0.586. The van der Waals surface area contributed by atoms with Crippen molar-refractivity contribution in [2.75, 3.05) is 7.11 Å². The van der Waals surface area contributed by atoms with Crippen LogP contribution in [0.2, 0.25) is 23.2 Å². The summed E-state index contributed by atoms with van der Waals surface area (Å²) in [6, 6.07) is 9.71. The minimum Gasteiger partial charge on any atom is -0.406 e. The van der Waals surface area contributed by atoms with Gasteiger partial charge in [-0.15, -0.1) is 11.3 Å². The van der Waals surface area contributed by atoms with Crippen LogP contribution in [0.5, 0.6) is 0 Å². The third kappa shape index (κ3) is 4.84. The van der Waals surface area contributed by atoms with Crippen LogP contribution in [0, 0.1) is 0 Å². The van der Waals surface area contributed by atoms with Crippen LogP contribution < -0.4 is 0 Å². The van der Waals surface area contributed by atoms with Gasteiger partial charge in [-0.05, 0) is 41.9 Å². The van der Waals surface area contributed by atoms with E-state index in [4.69, 9.17) is 20.8 Å². The van der Waals surface area contributed by atoms with Gasteiger partial charge in [0.1, 0.15) is 0 Å². The first-order chi connectivity index (χ1) is 12.1. The Labute approximate surface area is 166 Å². The predicted molar refractivity (Wildman–Crippen MR) is 112 cm³/mol. The third-order valence-electron chi connectivity index (χ3n) is 4.89. The SMILES string of the molecule is COCc1cc(C(O[Si](C)(C)C(C)(C)C)c2cccc(Cl)c2)c(C=O)s1. The molecule has 0 radical (unpaired) electrons. The van der Waals surface area contributed by atoms with Gasteiger partial charge in [0.05, 0.1) is 17.6 Å². The molecule has 0 spiro atoms. The Bertz CT molecular complexity index is 765. The standard InChI is InChI=1S/C20H27ClO3SSi/c1-20(2,3)26(5,6)24-19(14-8-7-9-15(21)10-14)17-11-16(13-23-4)25-18(17)12-22/h7-12,19H,13H2,1-6H3. The fourth-order valence-electron chi connectivity index (χ4n) is 2.44. The largest absolute Gasteiger partial charge is 0.406 e. The summed E-state index contributed by atoms with van der Waals surface area (Å²) >= 11 is 7.69. The lowest BCUT2D eigenvalue weighted by atomic mass is 10.0. The topological polar surface area (TPSA) is 35.5 Å². The Morgan fingerprint density at radius 1 is 1.27 bits per heavy atom. The number of ether oxygens (including phenoxy) is 1. The number of hydrogen-bond acceptors (Lipinski definition) is 4. The van der Waals surface area contributed by atoms with Gasteiger partial charge in [-0.25, -0.2) is 0 Å². The van der Waals surface area contributed by atoms with Crippen molar-refractivity contribution in [3.63, 3.8) is 0 Å². The number of aldehydes is 1. The second-order valence-corrected chi connectivity index (χ2v) is 14.3. The van der Waals surface area contributed by atoms with E-state index >= 15 is 0 Å². The van der Waals surface area contributed by atoms with Crippen LogP contribution in [0.25, 0.3) is 0 Å². The van der Waals surface area contributed by atoms with Crippen molar-refractivity contribution < 1.29 is 14.0 Å². The lowest BCUT2D eigenvalue weighted by Gasteiger charge is -2.39. The van der Waals surface area contributed by atoms with Crippen molar-refractivity contribution in [3.8, 4) is 0 Å². The van der Waals surface area contributed by atoms with Gasteiger partial charge >= 0.3 is 0 Å². The smallest absolute Gasteiger partial charge is 0.193 e. The zero-order chi connectivity index (χ0) is 19.5. The summed E-state index contributed by atoms with van der Waals surface area (Å²) in [6.45, 7) is 11.5. The van der Waals surface area contributed by atoms with Gasteiger partial charge in [0, 0.05) is 22.6 Å². The van der Waals surface area contributed by atoms with Crippen LogP contribution >= 0.6 is 22.9 Å². The first-order valence-corrected chi connectivity index (χ1v) is 12.7. The van der Waals surface area contributed by atoms with Gasteiger partial charge in [0.15, 0.2) is 14.6 Å². The van der Waals surface area contributed by atoms with Crippen molar-refractivity contribution in [2.24, 2.45) is 0 Å². The molecule has 0 aliphatic heterocycles. The molecule has 0 saturated carbocycles. The van der Waals surface area contributed by atoms with Gasteiger partial charge in [0.25, 0.3) is 0 Å². The average Bonchev–Trinajstić information content (AvgIpc) is 2.94. The molecule has 0 saturated heterocycles. The van der Waals surface area contributed by atoms with Crippen LogP contribution in [0.3, 0.4) is 0 Å². The Morgan fingerprint density at radius 2 is 1.96 bits per heavy atom. The van der Waals surface area contributed by atoms with E-state index in [9.17, 15) is 4.79 Å². The van der Waals surface area contributed by atoms with Crippen LogP contribution in [-0.2, 0) is 15.8 Å². The maximum Gasteiger partial charge on any atom is 0.193 e. The molecule has 1 aromatic heterocycles.